The van der Waals surface area contributed by atoms with Gasteiger partial charge in [-0.3, -0.25) is 4.98 Å². The number of anilines is 1. The van der Waals surface area contributed by atoms with Crippen LogP contribution in [0.5, 0.6) is 5.75 Å². The van der Waals surface area contributed by atoms with E-state index in [2.05, 4.69) is 26.2 Å². The average molecular weight is 329 g/mol. The molecule has 2 aromatic rings. The Labute approximate surface area is 117 Å². The first kappa shape index (κ1) is 13.7. The van der Waals surface area contributed by atoms with Gasteiger partial charge in [0.1, 0.15) is 12.4 Å². The summed E-state index contributed by atoms with van der Waals surface area (Å²) in [4.78, 5) is 4.00. The van der Waals surface area contributed by atoms with Crippen LogP contribution in [0.15, 0.2) is 41.1 Å². The lowest BCUT2D eigenvalue weighted by molar-refractivity contribution is 0.329. The van der Waals surface area contributed by atoms with Gasteiger partial charge in [-0.1, -0.05) is 0 Å². The van der Waals surface area contributed by atoms with Crippen LogP contribution in [0.4, 0.5) is 14.5 Å². The van der Waals surface area contributed by atoms with Crippen molar-refractivity contribution >= 4 is 21.6 Å². The first-order chi connectivity index (χ1) is 9.15. The Morgan fingerprint density at radius 2 is 2.00 bits per heavy atom. The number of nitrogens with one attached hydrogen (secondary N) is 1. The van der Waals surface area contributed by atoms with Crippen LogP contribution in [0.2, 0.25) is 0 Å². The molecule has 1 heterocycles. The van der Waals surface area contributed by atoms with E-state index in [0.717, 1.165) is 22.3 Å². The zero-order chi connectivity index (χ0) is 13.7. The fourth-order valence-electron chi connectivity index (χ4n) is 1.44. The van der Waals surface area contributed by atoms with Crippen molar-refractivity contribution in [2.75, 3.05) is 18.5 Å². The Morgan fingerprint density at radius 3 is 2.74 bits per heavy atom. The summed E-state index contributed by atoms with van der Waals surface area (Å²) in [6.07, 6.45) is 3.37. The molecule has 19 heavy (non-hydrogen) atoms. The molecule has 0 bridgehead atoms. The number of ether oxygens (including phenoxy) is 1. The molecule has 2 rings (SSSR count). The lowest BCUT2D eigenvalue weighted by Gasteiger charge is -2.08. The molecule has 0 saturated carbocycles. The summed E-state index contributed by atoms with van der Waals surface area (Å²) >= 11 is 3.31. The maximum atomic E-state index is 12.9. The Hall–Kier alpha value is -1.69. The Balaban J connectivity index is 1.79. The third kappa shape index (κ3) is 4.17. The quantitative estimate of drug-likeness (QED) is 0.851. The number of halogens is 3. The first-order valence-corrected chi connectivity index (χ1v) is 6.37. The summed E-state index contributed by atoms with van der Waals surface area (Å²) < 4.78 is 31.8. The van der Waals surface area contributed by atoms with Gasteiger partial charge in [-0.15, -0.1) is 0 Å². The molecule has 0 aliphatic rings. The van der Waals surface area contributed by atoms with Gasteiger partial charge in [-0.25, -0.2) is 8.78 Å². The van der Waals surface area contributed by atoms with Gasteiger partial charge in [0.2, 0.25) is 0 Å². The van der Waals surface area contributed by atoms with Gasteiger partial charge in [-0.2, -0.15) is 0 Å². The molecule has 3 nitrogen and oxygen atoms in total. The third-order valence-electron chi connectivity index (χ3n) is 2.30. The summed E-state index contributed by atoms with van der Waals surface area (Å²) in [6.45, 7) is 0.856. The first-order valence-electron chi connectivity index (χ1n) is 5.57. The van der Waals surface area contributed by atoms with E-state index in [1.807, 2.05) is 6.07 Å². The Kier molecular flexibility index (Phi) is 4.68. The molecule has 0 amide bonds. The monoisotopic (exact) mass is 328 g/mol. The fraction of sp³-hybridized carbons (Fsp3) is 0.154. The molecular formula is C13H11BrF2N2O. The van der Waals surface area contributed by atoms with E-state index in [1.54, 1.807) is 12.4 Å². The molecule has 0 radical (unpaired) electrons. The Bertz CT molecular complexity index is 566. The molecular weight excluding hydrogens is 318 g/mol. The molecule has 1 N–H and O–H groups in total. The third-order valence-corrected chi connectivity index (χ3v) is 2.73. The predicted octanol–water partition coefficient (Wildman–Crippen LogP) is 3.61. The van der Waals surface area contributed by atoms with Crippen LogP contribution < -0.4 is 10.1 Å². The summed E-state index contributed by atoms with van der Waals surface area (Å²) in [5.41, 5.74) is 0.850. The number of hydrogen-bond donors (Lipinski definition) is 1. The van der Waals surface area contributed by atoms with E-state index in [1.165, 1.54) is 6.07 Å². The van der Waals surface area contributed by atoms with Crippen LogP contribution in [0, 0.1) is 11.6 Å². The van der Waals surface area contributed by atoms with Gasteiger partial charge in [0.05, 0.1) is 11.9 Å². The minimum Gasteiger partial charge on any atom is -0.492 e. The highest BCUT2D eigenvalue weighted by atomic mass is 79.9. The van der Waals surface area contributed by atoms with Gasteiger partial charge in [0.25, 0.3) is 0 Å². The van der Waals surface area contributed by atoms with E-state index in [0.29, 0.717) is 18.9 Å². The number of benzene rings is 1. The van der Waals surface area contributed by atoms with Crippen LogP contribution in [0.3, 0.4) is 0 Å². The summed E-state index contributed by atoms with van der Waals surface area (Å²) in [7, 11) is 0. The molecule has 0 aliphatic heterocycles. The zero-order valence-corrected chi connectivity index (χ0v) is 11.5. The summed E-state index contributed by atoms with van der Waals surface area (Å²) in [5.74, 6) is -1.50. The van der Waals surface area contributed by atoms with E-state index < -0.39 is 11.6 Å². The van der Waals surface area contributed by atoms with Crippen LogP contribution in [-0.2, 0) is 0 Å². The molecule has 0 unspecified atom stereocenters. The average Bonchev–Trinajstić information content (AvgIpc) is 2.39. The van der Waals surface area contributed by atoms with Gasteiger partial charge in [-0.05, 0) is 34.1 Å². The maximum absolute atomic E-state index is 12.9. The number of rotatable bonds is 5. The molecule has 1 aromatic carbocycles. The van der Waals surface area contributed by atoms with Gasteiger partial charge in [0.15, 0.2) is 11.6 Å². The van der Waals surface area contributed by atoms with Crippen LogP contribution in [-0.4, -0.2) is 18.1 Å². The van der Waals surface area contributed by atoms with Crippen LogP contribution in [0.25, 0.3) is 0 Å². The topological polar surface area (TPSA) is 34.1 Å². The van der Waals surface area contributed by atoms with E-state index >= 15 is 0 Å². The van der Waals surface area contributed by atoms with E-state index in [9.17, 15) is 8.78 Å². The zero-order valence-electron chi connectivity index (χ0n) is 9.87. The lowest BCUT2D eigenvalue weighted by atomic mass is 10.3. The minimum atomic E-state index is -0.915. The smallest absolute Gasteiger partial charge is 0.162 e. The number of pyridine rings is 1. The summed E-state index contributed by atoms with van der Waals surface area (Å²) in [5, 5.41) is 3.10. The minimum absolute atomic E-state index is 0.299. The predicted molar refractivity (Wildman–Crippen MR) is 72.3 cm³/mol. The molecule has 0 saturated heterocycles. The molecule has 1 aromatic heterocycles. The van der Waals surface area contributed by atoms with Crippen molar-refractivity contribution in [1.82, 2.24) is 4.98 Å². The van der Waals surface area contributed by atoms with Crippen LogP contribution in [0.1, 0.15) is 0 Å². The molecule has 6 heteroatoms. The van der Waals surface area contributed by atoms with Crippen molar-refractivity contribution in [1.29, 1.82) is 0 Å². The molecule has 0 spiro atoms. The van der Waals surface area contributed by atoms with Crippen molar-refractivity contribution in [2.24, 2.45) is 0 Å². The number of aromatic nitrogens is 1. The highest BCUT2D eigenvalue weighted by Gasteiger charge is 2.02. The van der Waals surface area contributed by atoms with E-state index in [-0.39, 0.29) is 0 Å². The second-order valence-corrected chi connectivity index (χ2v) is 4.66. The van der Waals surface area contributed by atoms with E-state index in [4.69, 9.17) is 4.74 Å². The number of hydrogen-bond acceptors (Lipinski definition) is 3. The van der Waals surface area contributed by atoms with Gasteiger partial charge < -0.3 is 10.1 Å². The van der Waals surface area contributed by atoms with Crippen molar-refractivity contribution in [3.8, 4) is 5.75 Å². The van der Waals surface area contributed by atoms with Crippen molar-refractivity contribution < 1.29 is 13.5 Å². The van der Waals surface area contributed by atoms with Crippen molar-refractivity contribution in [3.05, 3.63) is 52.8 Å². The molecule has 0 atom stereocenters. The highest BCUT2D eigenvalue weighted by molar-refractivity contribution is 9.10. The SMILES string of the molecule is Fc1ccc(OCCNc2cncc(Br)c2)cc1F. The highest BCUT2D eigenvalue weighted by Crippen LogP contribution is 2.16. The molecule has 100 valence electrons. The maximum Gasteiger partial charge on any atom is 0.162 e. The van der Waals surface area contributed by atoms with Crippen molar-refractivity contribution in [3.63, 3.8) is 0 Å². The van der Waals surface area contributed by atoms with Gasteiger partial charge in [0, 0.05) is 23.3 Å². The summed E-state index contributed by atoms with van der Waals surface area (Å²) in [6, 6.07) is 5.33. The second-order valence-electron chi connectivity index (χ2n) is 3.74. The second kappa shape index (κ2) is 6.47. The van der Waals surface area contributed by atoms with Gasteiger partial charge >= 0.3 is 0 Å². The normalized spacial score (nSPS) is 10.3. The standard InChI is InChI=1S/C13H11BrF2N2O/c14-9-5-10(8-17-7-9)18-3-4-19-11-1-2-12(15)13(16)6-11/h1-2,5-8,18H,3-4H2. The number of nitrogens with zero attached hydrogens (tertiary/aromatic N) is 1. The lowest BCUT2D eigenvalue weighted by Crippen LogP contribution is -2.11. The van der Waals surface area contributed by atoms with Crippen molar-refractivity contribution in [2.45, 2.75) is 0 Å². The van der Waals surface area contributed by atoms with Crippen LogP contribution >= 0.6 is 15.9 Å². The Morgan fingerprint density at radius 1 is 1.16 bits per heavy atom. The largest absolute Gasteiger partial charge is 0.492 e. The molecule has 0 aliphatic carbocycles. The molecule has 0 fully saturated rings. The fourth-order valence-corrected chi connectivity index (χ4v) is 1.80.